The molecule has 2 atom stereocenters. The van der Waals surface area contributed by atoms with Gasteiger partial charge in [0.2, 0.25) is 0 Å². The molecule has 0 saturated heterocycles. The van der Waals surface area contributed by atoms with Crippen molar-refractivity contribution in [3.63, 3.8) is 0 Å². The minimum atomic E-state index is -0.994. The van der Waals surface area contributed by atoms with E-state index in [2.05, 4.69) is 15.6 Å². The van der Waals surface area contributed by atoms with Crippen molar-refractivity contribution >= 4 is 34.6 Å². The summed E-state index contributed by atoms with van der Waals surface area (Å²) >= 11 is 5.23. The highest BCUT2D eigenvalue weighted by Gasteiger charge is 2.56. The molecular formula is C15H14FN3OS. The maximum absolute atomic E-state index is 13.7. The van der Waals surface area contributed by atoms with Gasteiger partial charge >= 0.3 is 0 Å². The highest BCUT2D eigenvalue weighted by atomic mass is 32.1. The minimum absolute atomic E-state index is 0.0546. The Morgan fingerprint density at radius 2 is 2.24 bits per heavy atom. The SMILES string of the molecule is O=C1Nc2ccc(F)cc2C12NC(=S)N=C1CCCCC12. The van der Waals surface area contributed by atoms with Crippen LogP contribution in [0.4, 0.5) is 10.1 Å². The Labute approximate surface area is 126 Å². The molecule has 1 spiro atoms. The van der Waals surface area contributed by atoms with Crippen LogP contribution in [0.25, 0.3) is 0 Å². The van der Waals surface area contributed by atoms with Gasteiger partial charge in [0.15, 0.2) is 10.7 Å². The third-order valence-corrected chi connectivity index (χ3v) is 4.86. The smallest absolute Gasteiger partial charge is 0.255 e. The molecule has 4 nitrogen and oxygen atoms in total. The van der Waals surface area contributed by atoms with Gasteiger partial charge < -0.3 is 10.6 Å². The molecule has 21 heavy (non-hydrogen) atoms. The molecule has 2 heterocycles. The maximum Gasteiger partial charge on any atom is 0.255 e. The van der Waals surface area contributed by atoms with E-state index in [1.165, 1.54) is 12.1 Å². The molecule has 0 bridgehead atoms. The molecule has 1 saturated carbocycles. The van der Waals surface area contributed by atoms with E-state index in [9.17, 15) is 9.18 Å². The van der Waals surface area contributed by atoms with Gasteiger partial charge in [-0.3, -0.25) is 4.79 Å². The molecule has 1 aromatic carbocycles. The lowest BCUT2D eigenvalue weighted by atomic mass is 9.69. The van der Waals surface area contributed by atoms with Crippen molar-refractivity contribution in [1.82, 2.24) is 5.32 Å². The molecule has 6 heteroatoms. The number of carbonyl (C=O) groups excluding carboxylic acids is 1. The number of rotatable bonds is 0. The van der Waals surface area contributed by atoms with Crippen molar-refractivity contribution in [2.75, 3.05) is 5.32 Å². The van der Waals surface area contributed by atoms with Crippen LogP contribution < -0.4 is 10.6 Å². The number of hydrogen-bond acceptors (Lipinski definition) is 2. The van der Waals surface area contributed by atoms with Crippen molar-refractivity contribution in [1.29, 1.82) is 0 Å². The average Bonchev–Trinajstić information content (AvgIpc) is 2.72. The highest BCUT2D eigenvalue weighted by Crippen LogP contribution is 2.47. The molecule has 1 fully saturated rings. The predicted octanol–water partition coefficient (Wildman–Crippen LogP) is 2.49. The molecule has 2 aliphatic heterocycles. The van der Waals surface area contributed by atoms with Crippen molar-refractivity contribution in [2.45, 2.75) is 31.2 Å². The summed E-state index contributed by atoms with van der Waals surface area (Å²) in [7, 11) is 0. The number of carbonyl (C=O) groups is 1. The van der Waals surface area contributed by atoms with Crippen molar-refractivity contribution < 1.29 is 9.18 Å². The van der Waals surface area contributed by atoms with E-state index in [0.717, 1.165) is 31.4 Å². The number of benzene rings is 1. The van der Waals surface area contributed by atoms with Crippen LogP contribution in [0.3, 0.4) is 0 Å². The number of nitrogens with one attached hydrogen (secondary N) is 2. The lowest BCUT2D eigenvalue weighted by molar-refractivity contribution is -0.122. The minimum Gasteiger partial charge on any atom is -0.342 e. The van der Waals surface area contributed by atoms with E-state index < -0.39 is 5.54 Å². The predicted molar refractivity (Wildman–Crippen MR) is 81.8 cm³/mol. The van der Waals surface area contributed by atoms with Crippen molar-refractivity contribution in [3.05, 3.63) is 29.6 Å². The van der Waals surface area contributed by atoms with Crippen LogP contribution in [-0.2, 0) is 10.3 Å². The number of anilines is 1. The third kappa shape index (κ3) is 1.68. The second kappa shape index (κ2) is 4.34. The summed E-state index contributed by atoms with van der Waals surface area (Å²) in [5.41, 5.74) is 1.28. The first kappa shape index (κ1) is 12.9. The number of fused-ring (bicyclic) bond motifs is 4. The van der Waals surface area contributed by atoms with Crippen LogP contribution in [0, 0.1) is 11.7 Å². The lowest BCUT2D eigenvalue weighted by Gasteiger charge is -2.42. The van der Waals surface area contributed by atoms with Crippen LogP contribution in [0.5, 0.6) is 0 Å². The standard InChI is InChI=1S/C15H14FN3OS/c16-8-5-6-12-10(7-8)15(13(20)17-12)9-3-1-2-4-11(9)18-14(21)19-15/h5-7,9H,1-4H2,(H,17,20)(H,19,21). The quantitative estimate of drug-likeness (QED) is 0.724. The van der Waals surface area contributed by atoms with Gasteiger partial charge in [-0.2, -0.15) is 0 Å². The number of halogens is 1. The second-order valence-electron chi connectivity index (χ2n) is 5.78. The summed E-state index contributed by atoms with van der Waals surface area (Å²) in [6.07, 6.45) is 3.81. The molecule has 0 aromatic heterocycles. The normalized spacial score (nSPS) is 30.3. The summed E-state index contributed by atoms with van der Waals surface area (Å²) in [6, 6.07) is 4.39. The maximum atomic E-state index is 13.7. The zero-order valence-corrected chi connectivity index (χ0v) is 12.1. The number of amides is 1. The molecule has 4 rings (SSSR count). The van der Waals surface area contributed by atoms with E-state index in [4.69, 9.17) is 12.2 Å². The Morgan fingerprint density at radius 1 is 1.38 bits per heavy atom. The number of aliphatic imine (C=N–C) groups is 1. The lowest BCUT2D eigenvalue weighted by Crippen LogP contribution is -2.60. The Kier molecular flexibility index (Phi) is 2.66. The molecule has 0 radical (unpaired) electrons. The fourth-order valence-corrected chi connectivity index (χ4v) is 4.05. The Hall–Kier alpha value is -1.82. The third-order valence-electron chi connectivity index (χ3n) is 4.66. The van der Waals surface area contributed by atoms with E-state index in [1.54, 1.807) is 6.07 Å². The summed E-state index contributed by atoms with van der Waals surface area (Å²) in [4.78, 5) is 17.1. The molecule has 1 aromatic rings. The van der Waals surface area contributed by atoms with Crippen molar-refractivity contribution in [2.24, 2.45) is 10.9 Å². The van der Waals surface area contributed by atoms with E-state index in [-0.39, 0.29) is 17.6 Å². The summed E-state index contributed by atoms with van der Waals surface area (Å²) in [6.45, 7) is 0. The van der Waals surface area contributed by atoms with E-state index in [0.29, 0.717) is 16.4 Å². The Bertz CT molecular complexity index is 702. The van der Waals surface area contributed by atoms with Gasteiger partial charge in [0.25, 0.3) is 5.91 Å². The molecule has 2 N–H and O–H groups in total. The molecule has 1 aliphatic carbocycles. The van der Waals surface area contributed by atoms with Gasteiger partial charge in [-0.25, -0.2) is 9.38 Å². The second-order valence-corrected chi connectivity index (χ2v) is 6.17. The van der Waals surface area contributed by atoms with Crippen LogP contribution in [0.2, 0.25) is 0 Å². The zero-order valence-electron chi connectivity index (χ0n) is 11.3. The van der Waals surface area contributed by atoms with Crippen molar-refractivity contribution in [3.8, 4) is 0 Å². The van der Waals surface area contributed by atoms with Gasteiger partial charge in [0.05, 0.1) is 0 Å². The first-order chi connectivity index (χ1) is 10.1. The first-order valence-electron chi connectivity index (χ1n) is 7.12. The molecule has 3 aliphatic rings. The Balaban J connectivity index is 1.94. The summed E-state index contributed by atoms with van der Waals surface area (Å²) in [5.74, 6) is -0.567. The highest BCUT2D eigenvalue weighted by molar-refractivity contribution is 7.80. The fourth-order valence-electron chi connectivity index (χ4n) is 3.77. The van der Waals surface area contributed by atoms with Crippen LogP contribution in [0.15, 0.2) is 23.2 Å². The zero-order chi connectivity index (χ0) is 14.6. The average molecular weight is 303 g/mol. The Morgan fingerprint density at radius 3 is 3.10 bits per heavy atom. The topological polar surface area (TPSA) is 53.5 Å². The fraction of sp³-hybridized carbons (Fsp3) is 0.400. The molecule has 108 valence electrons. The van der Waals surface area contributed by atoms with Crippen LogP contribution in [-0.4, -0.2) is 16.7 Å². The van der Waals surface area contributed by atoms with E-state index >= 15 is 0 Å². The summed E-state index contributed by atoms with van der Waals surface area (Å²) in [5, 5.41) is 6.26. The summed E-state index contributed by atoms with van der Waals surface area (Å²) < 4.78 is 13.7. The van der Waals surface area contributed by atoms with Gasteiger partial charge in [-0.15, -0.1) is 0 Å². The number of thiocarbonyl (C=S) groups is 1. The largest absolute Gasteiger partial charge is 0.342 e. The van der Waals surface area contributed by atoms with Gasteiger partial charge in [0.1, 0.15) is 5.82 Å². The number of nitrogens with zero attached hydrogens (tertiary/aromatic N) is 1. The number of hydrogen-bond donors (Lipinski definition) is 2. The van der Waals surface area contributed by atoms with Gasteiger partial charge in [0, 0.05) is 22.9 Å². The molecular weight excluding hydrogens is 289 g/mol. The first-order valence-corrected chi connectivity index (χ1v) is 7.53. The van der Waals surface area contributed by atoms with Gasteiger partial charge in [-0.1, -0.05) is 6.42 Å². The van der Waals surface area contributed by atoms with E-state index in [1.807, 2.05) is 0 Å². The van der Waals surface area contributed by atoms with Crippen LogP contribution in [0.1, 0.15) is 31.2 Å². The molecule has 2 unspecified atom stereocenters. The molecule has 1 amide bonds. The monoisotopic (exact) mass is 303 g/mol. The van der Waals surface area contributed by atoms with Gasteiger partial charge in [-0.05, 0) is 49.7 Å². The van der Waals surface area contributed by atoms with Crippen LogP contribution >= 0.6 is 12.2 Å².